The molecule has 1 heterocycles. The molecule has 0 unspecified atom stereocenters. The molecule has 4 heteroatoms. The van der Waals surface area contributed by atoms with E-state index in [2.05, 4.69) is 42.9 Å². The van der Waals surface area contributed by atoms with Crippen molar-refractivity contribution in [2.45, 2.75) is 43.0 Å². The molecule has 0 aliphatic rings. The van der Waals surface area contributed by atoms with Crippen LogP contribution in [0, 0.1) is 6.92 Å². The van der Waals surface area contributed by atoms with Crippen molar-refractivity contribution < 1.29 is 0 Å². The molecular weight excluding hydrogens is 254 g/mol. The van der Waals surface area contributed by atoms with Crippen molar-refractivity contribution in [1.82, 2.24) is 9.97 Å². The molecule has 1 aromatic heterocycles. The predicted molar refractivity (Wildman–Crippen MR) is 80.4 cm³/mol. The third kappa shape index (κ3) is 3.26. The topological polar surface area (TPSA) is 51.8 Å². The number of rotatable bonds is 2. The van der Waals surface area contributed by atoms with Gasteiger partial charge in [-0.3, -0.25) is 0 Å². The molecule has 0 saturated carbocycles. The molecule has 2 rings (SSSR count). The smallest absolute Gasteiger partial charge is 0.137 e. The van der Waals surface area contributed by atoms with Gasteiger partial charge in [-0.1, -0.05) is 50.7 Å². The van der Waals surface area contributed by atoms with Crippen molar-refractivity contribution in [3.63, 3.8) is 0 Å². The van der Waals surface area contributed by atoms with Gasteiger partial charge in [-0.15, -0.1) is 0 Å². The standard InChI is InChI=1S/C15H19N3S/c1-10-12(16)17-14(15(2,3)4)18-13(10)19-11-8-6-5-7-9-11/h5-9H,1-4H3,(H2,16,17,18). The Morgan fingerprint density at radius 2 is 1.68 bits per heavy atom. The Bertz CT molecular complexity index is 574. The van der Waals surface area contributed by atoms with Crippen molar-refractivity contribution in [3.05, 3.63) is 41.7 Å². The van der Waals surface area contributed by atoms with E-state index in [1.807, 2.05) is 25.1 Å². The lowest BCUT2D eigenvalue weighted by molar-refractivity contribution is 0.538. The molecule has 0 fully saturated rings. The number of nitrogens with two attached hydrogens (primary N) is 1. The molecule has 1 aromatic carbocycles. The first-order chi connectivity index (χ1) is 8.88. The summed E-state index contributed by atoms with van der Waals surface area (Å²) in [5, 5.41) is 0.934. The van der Waals surface area contributed by atoms with Gasteiger partial charge in [-0.2, -0.15) is 0 Å². The van der Waals surface area contributed by atoms with Gasteiger partial charge in [0.25, 0.3) is 0 Å². The molecule has 0 bridgehead atoms. The van der Waals surface area contributed by atoms with Crippen LogP contribution in [0.25, 0.3) is 0 Å². The summed E-state index contributed by atoms with van der Waals surface area (Å²) in [6.45, 7) is 8.24. The van der Waals surface area contributed by atoms with Crippen molar-refractivity contribution in [3.8, 4) is 0 Å². The number of nitrogen functional groups attached to an aromatic ring is 1. The quantitative estimate of drug-likeness (QED) is 0.845. The van der Waals surface area contributed by atoms with Gasteiger partial charge >= 0.3 is 0 Å². The van der Waals surface area contributed by atoms with Gasteiger partial charge in [0.2, 0.25) is 0 Å². The lowest BCUT2D eigenvalue weighted by Crippen LogP contribution is -2.18. The first-order valence-electron chi connectivity index (χ1n) is 6.25. The minimum absolute atomic E-state index is 0.103. The SMILES string of the molecule is Cc1c(N)nc(C(C)(C)C)nc1Sc1ccccc1. The molecule has 19 heavy (non-hydrogen) atoms. The number of benzene rings is 1. The Morgan fingerprint density at radius 3 is 2.26 bits per heavy atom. The molecule has 0 aliphatic carbocycles. The minimum Gasteiger partial charge on any atom is -0.383 e. The third-order valence-corrected chi connectivity index (χ3v) is 3.87. The summed E-state index contributed by atoms with van der Waals surface area (Å²) in [5.74, 6) is 1.35. The summed E-state index contributed by atoms with van der Waals surface area (Å²) in [7, 11) is 0. The minimum atomic E-state index is -0.103. The average Bonchev–Trinajstić information content (AvgIpc) is 2.34. The van der Waals surface area contributed by atoms with Crippen molar-refractivity contribution in [2.24, 2.45) is 0 Å². The van der Waals surface area contributed by atoms with Gasteiger partial charge in [0.1, 0.15) is 16.7 Å². The average molecular weight is 273 g/mol. The van der Waals surface area contributed by atoms with Crippen LogP contribution < -0.4 is 5.73 Å². The van der Waals surface area contributed by atoms with Crippen LogP contribution in [0.2, 0.25) is 0 Å². The van der Waals surface area contributed by atoms with E-state index in [0.717, 1.165) is 21.3 Å². The van der Waals surface area contributed by atoms with E-state index in [4.69, 9.17) is 5.73 Å². The highest BCUT2D eigenvalue weighted by Crippen LogP contribution is 2.32. The second kappa shape index (κ2) is 5.21. The zero-order chi connectivity index (χ0) is 14.0. The molecule has 0 spiro atoms. The van der Waals surface area contributed by atoms with Crippen molar-refractivity contribution >= 4 is 17.6 Å². The van der Waals surface area contributed by atoms with Crippen LogP contribution in [-0.2, 0) is 5.41 Å². The first-order valence-corrected chi connectivity index (χ1v) is 7.07. The van der Waals surface area contributed by atoms with Gasteiger partial charge in [0.15, 0.2) is 0 Å². The van der Waals surface area contributed by atoms with Gasteiger partial charge in [-0.05, 0) is 19.1 Å². The van der Waals surface area contributed by atoms with E-state index in [-0.39, 0.29) is 5.41 Å². The summed E-state index contributed by atoms with van der Waals surface area (Å²) in [4.78, 5) is 10.2. The van der Waals surface area contributed by atoms with Crippen LogP contribution in [0.1, 0.15) is 32.2 Å². The van der Waals surface area contributed by atoms with E-state index in [1.54, 1.807) is 11.8 Å². The second-order valence-corrected chi connectivity index (χ2v) is 6.59. The number of anilines is 1. The van der Waals surface area contributed by atoms with Crippen LogP contribution in [0.4, 0.5) is 5.82 Å². The highest BCUT2D eigenvalue weighted by molar-refractivity contribution is 7.99. The van der Waals surface area contributed by atoms with Gasteiger partial charge in [-0.25, -0.2) is 9.97 Å². The van der Waals surface area contributed by atoms with Crippen LogP contribution >= 0.6 is 11.8 Å². The molecule has 2 aromatic rings. The maximum Gasteiger partial charge on any atom is 0.137 e. The number of aromatic nitrogens is 2. The fourth-order valence-corrected chi connectivity index (χ4v) is 2.45. The Morgan fingerprint density at radius 1 is 1.05 bits per heavy atom. The van der Waals surface area contributed by atoms with Crippen LogP contribution in [0.3, 0.4) is 0 Å². The molecule has 0 radical (unpaired) electrons. The summed E-state index contributed by atoms with van der Waals surface area (Å²) in [6, 6.07) is 10.2. The van der Waals surface area contributed by atoms with E-state index < -0.39 is 0 Å². The normalized spacial score (nSPS) is 11.6. The fourth-order valence-electron chi connectivity index (χ4n) is 1.55. The summed E-state index contributed by atoms with van der Waals surface area (Å²) >= 11 is 1.63. The van der Waals surface area contributed by atoms with Crippen molar-refractivity contribution in [1.29, 1.82) is 0 Å². The molecular formula is C15H19N3S. The zero-order valence-electron chi connectivity index (χ0n) is 11.8. The molecule has 100 valence electrons. The summed E-state index contributed by atoms with van der Waals surface area (Å²) < 4.78 is 0. The van der Waals surface area contributed by atoms with E-state index in [0.29, 0.717) is 5.82 Å². The highest BCUT2D eigenvalue weighted by Gasteiger charge is 2.20. The highest BCUT2D eigenvalue weighted by atomic mass is 32.2. The van der Waals surface area contributed by atoms with Crippen LogP contribution in [0.5, 0.6) is 0 Å². The fraction of sp³-hybridized carbons (Fsp3) is 0.333. The Labute approximate surface area is 118 Å². The third-order valence-electron chi connectivity index (χ3n) is 2.77. The number of hydrogen-bond acceptors (Lipinski definition) is 4. The number of nitrogens with zero attached hydrogens (tertiary/aromatic N) is 2. The Balaban J connectivity index is 2.42. The lowest BCUT2D eigenvalue weighted by atomic mass is 9.95. The van der Waals surface area contributed by atoms with Crippen LogP contribution in [0.15, 0.2) is 40.3 Å². The molecule has 0 aliphatic heterocycles. The Hall–Kier alpha value is -1.55. The predicted octanol–water partition coefficient (Wildman–Crippen LogP) is 3.82. The molecule has 2 N–H and O–H groups in total. The second-order valence-electron chi connectivity index (χ2n) is 5.53. The summed E-state index contributed by atoms with van der Waals surface area (Å²) in [6.07, 6.45) is 0. The lowest BCUT2D eigenvalue weighted by Gasteiger charge is -2.19. The first kappa shape index (κ1) is 13.9. The van der Waals surface area contributed by atoms with Crippen molar-refractivity contribution in [2.75, 3.05) is 5.73 Å². The molecule has 0 atom stereocenters. The summed E-state index contributed by atoms with van der Waals surface area (Å²) in [5.41, 5.74) is 6.85. The van der Waals surface area contributed by atoms with E-state index >= 15 is 0 Å². The maximum atomic E-state index is 6.01. The molecule has 3 nitrogen and oxygen atoms in total. The Kier molecular flexibility index (Phi) is 3.80. The van der Waals surface area contributed by atoms with Gasteiger partial charge in [0, 0.05) is 15.9 Å². The largest absolute Gasteiger partial charge is 0.383 e. The van der Waals surface area contributed by atoms with Crippen LogP contribution in [-0.4, -0.2) is 9.97 Å². The molecule has 0 amide bonds. The van der Waals surface area contributed by atoms with Gasteiger partial charge in [0.05, 0.1) is 0 Å². The zero-order valence-corrected chi connectivity index (χ0v) is 12.6. The monoisotopic (exact) mass is 273 g/mol. The van der Waals surface area contributed by atoms with E-state index in [9.17, 15) is 0 Å². The van der Waals surface area contributed by atoms with Gasteiger partial charge < -0.3 is 5.73 Å². The molecule has 0 saturated heterocycles. The van der Waals surface area contributed by atoms with E-state index in [1.165, 1.54) is 0 Å². The number of hydrogen-bond donors (Lipinski definition) is 1. The maximum absolute atomic E-state index is 6.01.